The molecule has 0 heterocycles. The first-order valence-electron chi connectivity index (χ1n) is 3.85. The number of aliphatic hydroxyl groups excluding tert-OH is 1. The van der Waals surface area contributed by atoms with E-state index in [1.807, 2.05) is 6.92 Å². The molecule has 0 saturated carbocycles. The van der Waals surface area contributed by atoms with E-state index in [2.05, 4.69) is 19.7 Å². The standard InChI is InChI=1S/C8H15NO.C2H4/c1-4-7(5-2)8(10)6(3)9;1-2/h4-6,8,10H,1,9H2,2-3H3;1-2H2/b7-5+;/t6-,8+;/m0./s1. The van der Waals surface area contributed by atoms with Crippen molar-refractivity contribution in [2.24, 2.45) is 5.73 Å². The fourth-order valence-electron chi connectivity index (χ4n) is 0.713. The second-order valence-corrected chi connectivity index (χ2v) is 2.30. The summed E-state index contributed by atoms with van der Waals surface area (Å²) in [5.74, 6) is 0. The average molecular weight is 169 g/mol. The van der Waals surface area contributed by atoms with Gasteiger partial charge in [-0.25, -0.2) is 0 Å². The molecule has 0 saturated heterocycles. The summed E-state index contributed by atoms with van der Waals surface area (Å²) in [6.45, 7) is 13.2. The van der Waals surface area contributed by atoms with Crippen LogP contribution in [0.15, 0.2) is 37.5 Å². The van der Waals surface area contributed by atoms with Crippen molar-refractivity contribution in [3.63, 3.8) is 0 Å². The van der Waals surface area contributed by atoms with E-state index in [9.17, 15) is 5.11 Å². The van der Waals surface area contributed by atoms with Crippen LogP contribution in [0.1, 0.15) is 13.8 Å². The Hall–Kier alpha value is -0.860. The monoisotopic (exact) mass is 169 g/mol. The molecule has 2 nitrogen and oxygen atoms in total. The molecule has 0 aliphatic heterocycles. The van der Waals surface area contributed by atoms with Crippen LogP contribution >= 0.6 is 0 Å². The Morgan fingerprint density at radius 2 is 1.92 bits per heavy atom. The quantitative estimate of drug-likeness (QED) is 0.498. The molecule has 0 spiro atoms. The second kappa shape index (κ2) is 8.24. The summed E-state index contributed by atoms with van der Waals surface area (Å²) >= 11 is 0. The first kappa shape index (κ1) is 13.7. The van der Waals surface area contributed by atoms with Crippen molar-refractivity contribution in [2.45, 2.75) is 26.0 Å². The summed E-state index contributed by atoms with van der Waals surface area (Å²) < 4.78 is 0. The number of allylic oxidation sites excluding steroid dienone is 1. The number of hydrogen-bond donors (Lipinski definition) is 2. The molecule has 0 amide bonds. The summed E-state index contributed by atoms with van der Waals surface area (Å²) in [5.41, 5.74) is 6.24. The van der Waals surface area contributed by atoms with Gasteiger partial charge in [0.15, 0.2) is 0 Å². The molecule has 12 heavy (non-hydrogen) atoms. The van der Waals surface area contributed by atoms with Gasteiger partial charge in [0.1, 0.15) is 0 Å². The zero-order chi connectivity index (χ0) is 10.1. The molecular formula is C10H19NO. The second-order valence-electron chi connectivity index (χ2n) is 2.30. The largest absolute Gasteiger partial charge is 0.387 e. The van der Waals surface area contributed by atoms with Gasteiger partial charge in [-0.15, -0.1) is 13.2 Å². The van der Waals surface area contributed by atoms with E-state index >= 15 is 0 Å². The number of hydrogen-bond acceptors (Lipinski definition) is 2. The molecule has 2 atom stereocenters. The lowest BCUT2D eigenvalue weighted by molar-refractivity contribution is 0.190. The van der Waals surface area contributed by atoms with Crippen LogP contribution in [0.2, 0.25) is 0 Å². The van der Waals surface area contributed by atoms with Gasteiger partial charge in [-0.1, -0.05) is 18.7 Å². The Bertz CT molecular complexity index is 150. The van der Waals surface area contributed by atoms with Gasteiger partial charge in [-0.05, 0) is 19.4 Å². The normalized spacial score (nSPS) is 15.5. The third kappa shape index (κ3) is 4.88. The van der Waals surface area contributed by atoms with Gasteiger partial charge in [0.2, 0.25) is 0 Å². The first-order chi connectivity index (χ1) is 5.63. The van der Waals surface area contributed by atoms with E-state index in [1.165, 1.54) is 0 Å². The Morgan fingerprint density at radius 1 is 1.50 bits per heavy atom. The predicted molar refractivity (Wildman–Crippen MR) is 54.9 cm³/mol. The van der Waals surface area contributed by atoms with Gasteiger partial charge in [0.25, 0.3) is 0 Å². The summed E-state index contributed by atoms with van der Waals surface area (Å²) in [7, 11) is 0. The Kier molecular flexibility index (Phi) is 9.41. The van der Waals surface area contributed by atoms with Crippen molar-refractivity contribution < 1.29 is 5.11 Å². The highest BCUT2D eigenvalue weighted by Crippen LogP contribution is 2.05. The SMILES string of the molecule is C=C.C=C/C(=C\C)[C@H](O)[C@H](C)N. The summed E-state index contributed by atoms with van der Waals surface area (Å²) in [6.07, 6.45) is 2.84. The Morgan fingerprint density at radius 3 is 2.00 bits per heavy atom. The van der Waals surface area contributed by atoms with Gasteiger partial charge in [0.05, 0.1) is 6.10 Å². The topological polar surface area (TPSA) is 46.2 Å². The molecule has 0 unspecified atom stereocenters. The van der Waals surface area contributed by atoms with Gasteiger partial charge in [-0.3, -0.25) is 0 Å². The Balaban J connectivity index is 0. The highest BCUT2D eigenvalue weighted by atomic mass is 16.3. The molecule has 0 fully saturated rings. The maximum Gasteiger partial charge on any atom is 0.0934 e. The zero-order valence-corrected chi connectivity index (χ0v) is 7.96. The minimum Gasteiger partial charge on any atom is -0.387 e. The lowest BCUT2D eigenvalue weighted by atomic mass is 10.0. The number of rotatable bonds is 3. The molecule has 0 aromatic rings. The fraction of sp³-hybridized carbons (Fsp3) is 0.400. The predicted octanol–water partition coefficient (Wildman–Crippen LogP) is 1.63. The van der Waals surface area contributed by atoms with Gasteiger partial charge in [0, 0.05) is 6.04 Å². The highest BCUT2D eigenvalue weighted by Gasteiger charge is 2.10. The van der Waals surface area contributed by atoms with Crippen molar-refractivity contribution >= 4 is 0 Å². The third-order valence-electron chi connectivity index (χ3n) is 1.41. The molecule has 0 aliphatic carbocycles. The van der Waals surface area contributed by atoms with Crippen LogP contribution in [-0.4, -0.2) is 17.3 Å². The molecule has 0 rings (SSSR count). The van der Waals surface area contributed by atoms with Crippen LogP contribution in [0.4, 0.5) is 0 Å². The molecule has 0 aromatic carbocycles. The first-order valence-corrected chi connectivity index (χ1v) is 3.85. The molecule has 2 heteroatoms. The third-order valence-corrected chi connectivity index (χ3v) is 1.41. The minimum absolute atomic E-state index is 0.232. The number of nitrogens with two attached hydrogens (primary N) is 1. The van der Waals surface area contributed by atoms with Crippen LogP contribution in [0.25, 0.3) is 0 Å². The average Bonchev–Trinajstić information content (AvgIpc) is 2.10. The van der Waals surface area contributed by atoms with Crippen LogP contribution in [0.3, 0.4) is 0 Å². The van der Waals surface area contributed by atoms with Gasteiger partial charge < -0.3 is 10.8 Å². The van der Waals surface area contributed by atoms with Crippen LogP contribution < -0.4 is 5.73 Å². The van der Waals surface area contributed by atoms with Crippen LogP contribution in [-0.2, 0) is 0 Å². The molecule has 0 aromatic heterocycles. The zero-order valence-electron chi connectivity index (χ0n) is 7.96. The van der Waals surface area contributed by atoms with Crippen molar-refractivity contribution in [3.8, 4) is 0 Å². The van der Waals surface area contributed by atoms with Crippen LogP contribution in [0, 0.1) is 0 Å². The lowest BCUT2D eigenvalue weighted by Crippen LogP contribution is -2.32. The van der Waals surface area contributed by atoms with E-state index < -0.39 is 6.10 Å². The minimum atomic E-state index is -0.581. The smallest absolute Gasteiger partial charge is 0.0934 e. The maximum atomic E-state index is 9.32. The van der Waals surface area contributed by atoms with E-state index in [-0.39, 0.29) is 6.04 Å². The molecule has 0 aliphatic rings. The summed E-state index contributed by atoms with van der Waals surface area (Å²) in [4.78, 5) is 0. The molecule has 0 bridgehead atoms. The van der Waals surface area contributed by atoms with Crippen molar-refractivity contribution in [1.82, 2.24) is 0 Å². The van der Waals surface area contributed by atoms with Crippen LogP contribution in [0.5, 0.6) is 0 Å². The highest BCUT2D eigenvalue weighted by molar-refractivity contribution is 5.21. The fourth-order valence-corrected chi connectivity index (χ4v) is 0.713. The molecular weight excluding hydrogens is 150 g/mol. The van der Waals surface area contributed by atoms with Gasteiger partial charge in [-0.2, -0.15) is 0 Å². The summed E-state index contributed by atoms with van der Waals surface area (Å²) in [6, 6.07) is -0.232. The molecule has 70 valence electrons. The molecule has 3 N–H and O–H groups in total. The molecule has 0 radical (unpaired) electrons. The summed E-state index contributed by atoms with van der Waals surface area (Å²) in [5, 5.41) is 9.32. The van der Waals surface area contributed by atoms with Crippen molar-refractivity contribution in [1.29, 1.82) is 0 Å². The van der Waals surface area contributed by atoms with E-state index in [0.717, 1.165) is 5.57 Å². The van der Waals surface area contributed by atoms with Crippen molar-refractivity contribution in [3.05, 3.63) is 37.5 Å². The van der Waals surface area contributed by atoms with E-state index in [1.54, 1.807) is 19.1 Å². The van der Waals surface area contributed by atoms with E-state index in [0.29, 0.717) is 0 Å². The van der Waals surface area contributed by atoms with Crippen molar-refractivity contribution in [2.75, 3.05) is 0 Å². The number of aliphatic hydroxyl groups is 1. The lowest BCUT2D eigenvalue weighted by Gasteiger charge is -2.14. The van der Waals surface area contributed by atoms with Gasteiger partial charge >= 0.3 is 0 Å². The Labute approximate surface area is 75.1 Å². The maximum absolute atomic E-state index is 9.32. The van der Waals surface area contributed by atoms with E-state index in [4.69, 9.17) is 5.73 Å².